The first kappa shape index (κ1) is 25.2. The van der Waals surface area contributed by atoms with Gasteiger partial charge in [-0.05, 0) is 20.3 Å². The molecule has 0 bridgehead atoms. The molecule has 2 N–H and O–H groups in total. The van der Waals surface area contributed by atoms with Crippen molar-refractivity contribution in [2.45, 2.75) is 40.0 Å². The standard InChI is InChI=1S/C5H12O.C4H11O4P.C4H6O2/c1-2-3-4-5-6;1-4-8-9(5,6-2)7-3;1-3(2)4(5)6/h6H,2-5H2,1H3;4H2,1-3H3;1H2,2H3,(H,5,6). The van der Waals surface area contributed by atoms with Crippen molar-refractivity contribution in [3.05, 3.63) is 12.2 Å². The average molecular weight is 328 g/mol. The molecule has 0 unspecified atom stereocenters. The monoisotopic (exact) mass is 328 g/mol. The van der Waals surface area contributed by atoms with Crippen LogP contribution in [-0.4, -0.2) is 43.6 Å². The highest BCUT2D eigenvalue weighted by molar-refractivity contribution is 7.48. The molecule has 0 aromatic rings. The highest BCUT2D eigenvalue weighted by Gasteiger charge is 2.20. The van der Waals surface area contributed by atoms with E-state index in [1.807, 2.05) is 0 Å². The minimum atomic E-state index is -3.18. The van der Waals surface area contributed by atoms with E-state index in [1.54, 1.807) is 6.92 Å². The minimum Gasteiger partial charge on any atom is -0.478 e. The van der Waals surface area contributed by atoms with Gasteiger partial charge in [0.15, 0.2) is 0 Å². The van der Waals surface area contributed by atoms with Crippen LogP contribution in [0.25, 0.3) is 0 Å². The Kier molecular flexibility index (Phi) is 20.8. The average Bonchev–Trinajstić information content (AvgIpc) is 2.46. The van der Waals surface area contributed by atoms with Crippen molar-refractivity contribution >= 4 is 13.8 Å². The van der Waals surface area contributed by atoms with Crippen molar-refractivity contribution in [3.63, 3.8) is 0 Å². The summed E-state index contributed by atoms with van der Waals surface area (Å²) in [7, 11) is -0.626. The number of aliphatic carboxylic acids is 1. The molecule has 0 spiro atoms. The largest absolute Gasteiger partial charge is 0.478 e. The van der Waals surface area contributed by atoms with Gasteiger partial charge in [0.1, 0.15) is 0 Å². The molecule has 0 heterocycles. The fourth-order valence-corrected chi connectivity index (χ4v) is 1.38. The Morgan fingerprint density at radius 3 is 1.71 bits per heavy atom. The molecule has 0 saturated carbocycles. The van der Waals surface area contributed by atoms with E-state index in [0.29, 0.717) is 13.2 Å². The summed E-state index contributed by atoms with van der Waals surface area (Å²) in [5.41, 5.74) is 0.176. The Hall–Kier alpha value is -0.720. The van der Waals surface area contributed by atoms with Gasteiger partial charge >= 0.3 is 13.8 Å². The van der Waals surface area contributed by atoms with Crippen molar-refractivity contribution in [1.29, 1.82) is 0 Å². The number of phosphoric ester groups is 1. The number of aliphatic hydroxyl groups excluding tert-OH is 1. The first-order chi connectivity index (χ1) is 9.74. The zero-order chi connectivity index (χ0) is 17.3. The lowest BCUT2D eigenvalue weighted by Crippen LogP contribution is -1.93. The van der Waals surface area contributed by atoms with E-state index in [0.717, 1.165) is 12.8 Å². The molecule has 0 amide bonds. The first-order valence-corrected chi connectivity index (χ1v) is 8.06. The molecule has 8 heteroatoms. The molecule has 21 heavy (non-hydrogen) atoms. The van der Waals surface area contributed by atoms with E-state index in [1.165, 1.54) is 27.6 Å². The lowest BCUT2D eigenvalue weighted by molar-refractivity contribution is -0.132. The van der Waals surface area contributed by atoms with Crippen molar-refractivity contribution in [2.24, 2.45) is 0 Å². The number of hydrogen-bond donors (Lipinski definition) is 2. The predicted molar refractivity (Wildman–Crippen MR) is 82.3 cm³/mol. The Balaban J connectivity index is -0.000000240. The van der Waals surface area contributed by atoms with Crippen molar-refractivity contribution < 1.29 is 33.1 Å². The second-order valence-electron chi connectivity index (χ2n) is 3.75. The van der Waals surface area contributed by atoms with Crippen LogP contribution in [0, 0.1) is 0 Å². The van der Waals surface area contributed by atoms with E-state index < -0.39 is 13.8 Å². The first-order valence-electron chi connectivity index (χ1n) is 6.60. The molecule has 0 aliphatic rings. The van der Waals surface area contributed by atoms with Crippen LogP contribution >= 0.6 is 7.82 Å². The molecule has 0 atom stereocenters. The summed E-state index contributed by atoms with van der Waals surface area (Å²) in [6.45, 7) is 9.11. The smallest absolute Gasteiger partial charge is 0.474 e. The number of phosphoric acid groups is 1. The molecule has 0 fully saturated rings. The van der Waals surface area contributed by atoms with Crippen LogP contribution in [0.2, 0.25) is 0 Å². The van der Waals surface area contributed by atoms with Gasteiger partial charge in [-0.1, -0.05) is 26.3 Å². The Morgan fingerprint density at radius 2 is 1.62 bits per heavy atom. The van der Waals surface area contributed by atoms with E-state index >= 15 is 0 Å². The molecule has 0 aliphatic carbocycles. The molecule has 0 aromatic carbocycles. The molecule has 0 radical (unpaired) electrons. The normalized spacial score (nSPS) is 9.81. The van der Waals surface area contributed by atoms with Crippen LogP contribution in [0.15, 0.2) is 12.2 Å². The van der Waals surface area contributed by atoms with Crippen LogP contribution in [0.3, 0.4) is 0 Å². The fraction of sp³-hybridized carbons (Fsp3) is 0.769. The number of carbonyl (C=O) groups is 1. The lowest BCUT2D eigenvalue weighted by Gasteiger charge is -2.10. The third-order valence-electron chi connectivity index (χ3n) is 1.86. The second kappa shape index (κ2) is 17.3. The number of carboxylic acids is 1. The van der Waals surface area contributed by atoms with Crippen molar-refractivity contribution in [3.8, 4) is 0 Å². The highest BCUT2D eigenvalue weighted by Crippen LogP contribution is 2.47. The van der Waals surface area contributed by atoms with Gasteiger partial charge in [-0.25, -0.2) is 9.36 Å². The molecule has 0 rings (SSSR count). The number of carboxylic acid groups (broad SMARTS) is 1. The Labute approximate surface area is 127 Å². The molecule has 7 nitrogen and oxygen atoms in total. The fourth-order valence-electron chi connectivity index (χ4n) is 0.700. The van der Waals surface area contributed by atoms with Crippen LogP contribution < -0.4 is 0 Å². The van der Waals surface area contributed by atoms with Gasteiger partial charge in [0.2, 0.25) is 0 Å². The highest BCUT2D eigenvalue weighted by atomic mass is 31.2. The summed E-state index contributed by atoms with van der Waals surface area (Å²) in [5, 5.41) is 16.1. The number of hydrogen-bond acceptors (Lipinski definition) is 6. The summed E-state index contributed by atoms with van der Waals surface area (Å²) in [6.07, 6.45) is 3.33. The van der Waals surface area contributed by atoms with Gasteiger partial charge in [0, 0.05) is 26.4 Å². The van der Waals surface area contributed by atoms with Crippen LogP contribution in [-0.2, 0) is 22.9 Å². The second-order valence-corrected chi connectivity index (χ2v) is 5.63. The lowest BCUT2D eigenvalue weighted by atomic mass is 10.3. The van der Waals surface area contributed by atoms with Crippen LogP contribution in [0.1, 0.15) is 40.0 Å². The molecule has 128 valence electrons. The Bertz CT molecular complexity index is 281. The van der Waals surface area contributed by atoms with Gasteiger partial charge in [-0.3, -0.25) is 13.6 Å². The van der Waals surface area contributed by atoms with Gasteiger partial charge < -0.3 is 10.2 Å². The van der Waals surface area contributed by atoms with Crippen molar-refractivity contribution in [1.82, 2.24) is 0 Å². The summed E-state index contributed by atoms with van der Waals surface area (Å²) in [4.78, 5) is 9.60. The number of unbranched alkanes of at least 4 members (excludes halogenated alkanes) is 2. The Morgan fingerprint density at radius 1 is 1.19 bits per heavy atom. The third-order valence-corrected chi connectivity index (χ3v) is 3.33. The number of rotatable bonds is 8. The quantitative estimate of drug-likeness (QED) is 0.400. The van der Waals surface area contributed by atoms with Crippen LogP contribution in [0.5, 0.6) is 0 Å². The van der Waals surface area contributed by atoms with Gasteiger partial charge in [-0.15, -0.1) is 0 Å². The molecule has 0 saturated heterocycles. The summed E-state index contributed by atoms with van der Waals surface area (Å²) in [6, 6.07) is 0. The predicted octanol–water partition coefficient (Wildman–Crippen LogP) is 3.24. The molecular formula is C13H29O7P. The van der Waals surface area contributed by atoms with Crippen LogP contribution in [0.4, 0.5) is 0 Å². The summed E-state index contributed by atoms with van der Waals surface area (Å²) >= 11 is 0. The van der Waals surface area contributed by atoms with E-state index in [4.69, 9.17) is 10.2 Å². The van der Waals surface area contributed by atoms with E-state index in [2.05, 4.69) is 27.1 Å². The maximum atomic E-state index is 10.9. The maximum absolute atomic E-state index is 10.9. The zero-order valence-corrected chi connectivity index (χ0v) is 14.5. The molecule has 0 aliphatic heterocycles. The third kappa shape index (κ3) is 21.7. The molecular weight excluding hydrogens is 299 g/mol. The van der Waals surface area contributed by atoms with Crippen molar-refractivity contribution in [2.75, 3.05) is 27.4 Å². The van der Waals surface area contributed by atoms with Gasteiger partial charge in [0.25, 0.3) is 0 Å². The van der Waals surface area contributed by atoms with Gasteiger partial charge in [-0.2, -0.15) is 0 Å². The topological polar surface area (TPSA) is 102 Å². The molecule has 0 aromatic heterocycles. The zero-order valence-electron chi connectivity index (χ0n) is 13.6. The van der Waals surface area contributed by atoms with E-state index in [-0.39, 0.29) is 5.57 Å². The van der Waals surface area contributed by atoms with E-state index in [9.17, 15) is 9.36 Å². The maximum Gasteiger partial charge on any atom is 0.474 e. The minimum absolute atomic E-state index is 0.176. The number of aliphatic hydroxyl groups is 1. The summed E-state index contributed by atoms with van der Waals surface area (Å²) in [5.74, 6) is -0.935. The summed E-state index contributed by atoms with van der Waals surface area (Å²) < 4.78 is 24.4. The van der Waals surface area contributed by atoms with Gasteiger partial charge in [0.05, 0.1) is 6.61 Å². The SMILES string of the molecule is C=C(C)C(=O)O.CCCCCO.CCOP(=O)(OC)OC.